The molecule has 0 aromatic heterocycles. The molecule has 2 nitrogen and oxygen atoms in total. The summed E-state index contributed by atoms with van der Waals surface area (Å²) in [6.07, 6.45) is 13.6. The zero-order chi connectivity index (χ0) is 21.9. The quantitative estimate of drug-likeness (QED) is 0.252. The van der Waals surface area contributed by atoms with Crippen molar-refractivity contribution in [3.63, 3.8) is 0 Å². The molecular formula is C26H47NOPY+. The fourth-order valence-corrected chi connectivity index (χ4v) is 10.5. The van der Waals surface area contributed by atoms with Crippen molar-refractivity contribution < 1.29 is 37.5 Å². The molecule has 0 heterocycles. The molecule has 1 amide bonds. The summed E-state index contributed by atoms with van der Waals surface area (Å²) < 4.78 is 0. The van der Waals surface area contributed by atoms with Crippen LogP contribution in [0.1, 0.15) is 95.8 Å². The second-order valence-corrected chi connectivity index (χ2v) is 13.4. The predicted octanol–water partition coefficient (Wildman–Crippen LogP) is 8.13. The zero-order valence-corrected chi connectivity index (χ0v) is 24.7. The Morgan fingerprint density at radius 1 is 0.833 bits per heavy atom. The summed E-state index contributed by atoms with van der Waals surface area (Å²) in [6.45, 7) is 15.5. The Hall–Kier alpha value is 0.224. The van der Waals surface area contributed by atoms with Gasteiger partial charge in [-0.1, -0.05) is 71.1 Å². The van der Waals surface area contributed by atoms with Gasteiger partial charge in [0.25, 0.3) is 5.91 Å². The van der Waals surface area contributed by atoms with E-state index < -0.39 is 7.26 Å². The van der Waals surface area contributed by atoms with Gasteiger partial charge in [-0.3, -0.25) is 4.79 Å². The normalized spacial score (nSPS) is 12.4. The third-order valence-electron chi connectivity index (χ3n) is 6.32. The van der Waals surface area contributed by atoms with Crippen LogP contribution in [0, 0.1) is 20.8 Å². The maximum absolute atomic E-state index is 13.7. The summed E-state index contributed by atoms with van der Waals surface area (Å²) in [6, 6.07) is 4.37. The Balaban J connectivity index is 0.00000841. The summed E-state index contributed by atoms with van der Waals surface area (Å²) in [5.74, 6) is 0.304. The fraction of sp³-hybridized carbons (Fsp3) is 0.731. The summed E-state index contributed by atoms with van der Waals surface area (Å²) in [5, 5.41) is 3.41. The number of benzene rings is 1. The van der Waals surface area contributed by atoms with Crippen LogP contribution in [0.2, 0.25) is 0 Å². The van der Waals surface area contributed by atoms with Crippen LogP contribution >= 0.6 is 7.26 Å². The van der Waals surface area contributed by atoms with Crippen LogP contribution in [-0.2, 0) is 37.5 Å². The Bertz CT molecular complexity index is 587. The SMILES string of the molecule is CCCC[P+](CCCC)(CCCC)C(CCC)C(=O)Nc1c(C)cc(C)cc1C.[Y]. The van der Waals surface area contributed by atoms with Gasteiger partial charge in [0, 0.05) is 45.7 Å². The molecule has 1 aromatic rings. The van der Waals surface area contributed by atoms with Crippen molar-refractivity contribution in [3.8, 4) is 0 Å². The van der Waals surface area contributed by atoms with E-state index in [1.165, 1.54) is 73.7 Å². The van der Waals surface area contributed by atoms with Gasteiger partial charge in [-0.15, -0.1) is 0 Å². The van der Waals surface area contributed by atoms with Gasteiger partial charge in [-0.05, 0) is 57.6 Å². The standard InChI is InChI=1S/C26H46NOP.Y/c1-8-12-16-29(17-13-9-2,18-14-10-3)24(15-11-4)26(28)27-25-22(6)19-21(5)20-23(25)7;/h19-20,24H,8-18H2,1-7H3;/p+1. The largest absolute Gasteiger partial charge is 0.322 e. The number of hydrogen-bond donors (Lipinski definition) is 1. The van der Waals surface area contributed by atoms with Crippen molar-refractivity contribution in [2.24, 2.45) is 0 Å². The molecule has 0 aliphatic carbocycles. The van der Waals surface area contributed by atoms with E-state index in [9.17, 15) is 4.79 Å². The van der Waals surface area contributed by atoms with E-state index in [0.29, 0.717) is 5.91 Å². The van der Waals surface area contributed by atoms with Crippen molar-refractivity contribution in [3.05, 3.63) is 28.8 Å². The first-order valence-electron chi connectivity index (χ1n) is 12.1. The van der Waals surface area contributed by atoms with Crippen LogP contribution in [0.15, 0.2) is 12.1 Å². The Morgan fingerprint density at radius 3 is 1.63 bits per heavy atom. The first-order chi connectivity index (χ1) is 13.8. The number of aryl methyl sites for hydroxylation is 3. The average molecular weight is 510 g/mol. The van der Waals surface area contributed by atoms with Crippen LogP contribution in [0.4, 0.5) is 5.69 Å². The minimum atomic E-state index is -1.32. The van der Waals surface area contributed by atoms with Gasteiger partial charge in [0.15, 0.2) is 0 Å². The van der Waals surface area contributed by atoms with Gasteiger partial charge >= 0.3 is 0 Å². The van der Waals surface area contributed by atoms with E-state index in [1.807, 2.05) is 0 Å². The molecular weight excluding hydrogens is 462 g/mol. The van der Waals surface area contributed by atoms with Gasteiger partial charge in [-0.25, -0.2) is 0 Å². The zero-order valence-electron chi connectivity index (χ0n) is 20.9. The van der Waals surface area contributed by atoms with Crippen LogP contribution in [0.5, 0.6) is 0 Å². The van der Waals surface area contributed by atoms with Crippen LogP contribution < -0.4 is 5.32 Å². The number of unbranched alkanes of at least 4 members (excludes halogenated alkanes) is 3. The molecule has 0 aliphatic heterocycles. The summed E-state index contributed by atoms with van der Waals surface area (Å²) in [7, 11) is -1.32. The Kier molecular flexibility index (Phi) is 16.1. The van der Waals surface area contributed by atoms with E-state index in [1.54, 1.807) is 0 Å². The van der Waals surface area contributed by atoms with Gasteiger partial charge in [0.1, 0.15) is 5.66 Å². The van der Waals surface area contributed by atoms with E-state index in [0.717, 1.165) is 18.5 Å². The van der Waals surface area contributed by atoms with Gasteiger partial charge in [0.2, 0.25) is 0 Å². The molecule has 0 bridgehead atoms. The minimum absolute atomic E-state index is 0. The van der Waals surface area contributed by atoms with Gasteiger partial charge in [0.05, 0.1) is 18.5 Å². The number of amides is 1. The number of rotatable bonds is 14. The first kappa shape index (κ1) is 30.2. The summed E-state index contributed by atoms with van der Waals surface area (Å²) >= 11 is 0. The van der Waals surface area contributed by atoms with E-state index >= 15 is 0 Å². The molecule has 1 aromatic carbocycles. The Labute approximate surface area is 213 Å². The predicted molar refractivity (Wildman–Crippen MR) is 134 cm³/mol. The minimum Gasteiger partial charge on any atom is -0.322 e. The molecule has 1 unspecified atom stereocenters. The van der Waals surface area contributed by atoms with Crippen molar-refractivity contribution in [1.29, 1.82) is 0 Å². The van der Waals surface area contributed by atoms with Crippen molar-refractivity contribution in [1.82, 2.24) is 0 Å². The molecule has 169 valence electrons. The van der Waals surface area contributed by atoms with E-state index in [2.05, 4.69) is 65.9 Å². The smallest absolute Gasteiger partial charge is 0.265 e. The topological polar surface area (TPSA) is 29.1 Å². The molecule has 1 rings (SSSR count). The number of carbonyl (C=O) groups is 1. The molecule has 30 heavy (non-hydrogen) atoms. The number of hydrogen-bond acceptors (Lipinski definition) is 1. The fourth-order valence-electron chi connectivity index (χ4n) is 4.73. The second kappa shape index (κ2) is 15.9. The maximum Gasteiger partial charge on any atom is 0.265 e. The Morgan fingerprint density at radius 2 is 1.27 bits per heavy atom. The first-order valence-corrected chi connectivity index (χ1v) is 14.5. The molecule has 0 saturated heterocycles. The number of carbonyl (C=O) groups excluding carboxylic acids is 1. The maximum atomic E-state index is 13.7. The van der Waals surface area contributed by atoms with Crippen molar-refractivity contribution >= 4 is 18.9 Å². The van der Waals surface area contributed by atoms with Crippen LogP contribution in [-0.4, -0.2) is 30.1 Å². The monoisotopic (exact) mass is 509 g/mol. The average Bonchev–Trinajstić information content (AvgIpc) is 2.68. The summed E-state index contributed by atoms with van der Waals surface area (Å²) in [5.41, 5.74) is 4.90. The molecule has 0 spiro atoms. The molecule has 1 atom stereocenters. The number of anilines is 1. The van der Waals surface area contributed by atoms with Crippen molar-refractivity contribution in [2.75, 3.05) is 23.8 Å². The second-order valence-electron chi connectivity index (χ2n) is 9.02. The van der Waals surface area contributed by atoms with E-state index in [-0.39, 0.29) is 38.4 Å². The van der Waals surface area contributed by atoms with Gasteiger partial charge in [-0.2, -0.15) is 0 Å². The molecule has 0 fully saturated rings. The molecule has 0 saturated carbocycles. The van der Waals surface area contributed by atoms with Crippen LogP contribution in [0.3, 0.4) is 0 Å². The molecule has 1 N–H and O–H groups in total. The number of nitrogens with one attached hydrogen (secondary N) is 1. The molecule has 0 aliphatic rings. The summed E-state index contributed by atoms with van der Waals surface area (Å²) in [4.78, 5) is 13.7. The van der Waals surface area contributed by atoms with E-state index in [4.69, 9.17) is 0 Å². The third-order valence-corrected chi connectivity index (χ3v) is 11.8. The molecule has 4 heteroatoms. The molecule has 1 radical (unpaired) electrons. The third kappa shape index (κ3) is 8.99. The van der Waals surface area contributed by atoms with Crippen molar-refractivity contribution in [2.45, 2.75) is 105 Å². The van der Waals surface area contributed by atoms with Gasteiger partial charge < -0.3 is 5.32 Å². The van der Waals surface area contributed by atoms with Crippen LogP contribution in [0.25, 0.3) is 0 Å².